The van der Waals surface area contributed by atoms with E-state index in [0.717, 1.165) is 6.54 Å². The third kappa shape index (κ3) is 4.13. The van der Waals surface area contributed by atoms with E-state index >= 15 is 0 Å². The number of pyridine rings is 1. The van der Waals surface area contributed by atoms with Crippen LogP contribution in [0.2, 0.25) is 0 Å². The highest BCUT2D eigenvalue weighted by molar-refractivity contribution is 5.30. The van der Waals surface area contributed by atoms with Crippen molar-refractivity contribution in [1.82, 2.24) is 15.2 Å². The topological polar surface area (TPSA) is 28.2 Å². The van der Waals surface area contributed by atoms with Crippen LogP contribution in [0.15, 0.2) is 54.9 Å². The van der Waals surface area contributed by atoms with E-state index in [1.165, 1.54) is 11.1 Å². The predicted molar refractivity (Wildman–Crippen MR) is 88.3 cm³/mol. The molecule has 0 amide bonds. The van der Waals surface area contributed by atoms with Gasteiger partial charge in [-0.25, -0.2) is 0 Å². The monoisotopic (exact) mass is 283 g/mol. The van der Waals surface area contributed by atoms with Gasteiger partial charge in [0.15, 0.2) is 0 Å². The molecule has 0 radical (unpaired) electrons. The number of benzene rings is 1. The molecule has 21 heavy (non-hydrogen) atoms. The minimum absolute atomic E-state index is 0.0973. The lowest BCUT2D eigenvalue weighted by atomic mass is 9.97. The number of hydrogen-bond acceptors (Lipinski definition) is 3. The number of likely N-dealkylation sites (N-methyl/N-ethyl adjacent to an activating group) is 1. The van der Waals surface area contributed by atoms with E-state index in [2.05, 4.69) is 85.6 Å². The van der Waals surface area contributed by atoms with Gasteiger partial charge in [0, 0.05) is 24.5 Å². The van der Waals surface area contributed by atoms with Gasteiger partial charge < -0.3 is 10.2 Å². The van der Waals surface area contributed by atoms with Crippen LogP contribution < -0.4 is 5.32 Å². The van der Waals surface area contributed by atoms with Crippen LogP contribution in [0.4, 0.5) is 0 Å². The minimum Gasteiger partial charge on any atom is -0.304 e. The van der Waals surface area contributed by atoms with Crippen molar-refractivity contribution in [2.24, 2.45) is 0 Å². The second-order valence-electron chi connectivity index (χ2n) is 6.21. The Hall–Kier alpha value is -1.71. The SMILES string of the molecule is CN(C)C(C)(C)CNC(c1ccccc1)c1ccncc1. The molecule has 3 heteroatoms. The standard InChI is InChI=1S/C18H25N3/c1-18(2,21(3)4)14-20-17(15-8-6-5-7-9-15)16-10-12-19-13-11-16/h5-13,17,20H,14H2,1-4H3. The highest BCUT2D eigenvalue weighted by Crippen LogP contribution is 2.22. The smallest absolute Gasteiger partial charge is 0.0578 e. The zero-order valence-corrected chi connectivity index (χ0v) is 13.4. The molecule has 1 heterocycles. The van der Waals surface area contributed by atoms with Crippen molar-refractivity contribution in [3.8, 4) is 0 Å². The molecule has 0 aliphatic heterocycles. The highest BCUT2D eigenvalue weighted by atomic mass is 15.2. The molecule has 2 rings (SSSR count). The van der Waals surface area contributed by atoms with Crippen molar-refractivity contribution in [2.45, 2.75) is 25.4 Å². The van der Waals surface area contributed by atoms with Gasteiger partial charge >= 0.3 is 0 Å². The molecule has 1 N–H and O–H groups in total. The van der Waals surface area contributed by atoms with Gasteiger partial charge in [-0.1, -0.05) is 30.3 Å². The van der Waals surface area contributed by atoms with E-state index in [1.807, 2.05) is 12.4 Å². The average Bonchev–Trinajstić information content (AvgIpc) is 2.49. The van der Waals surface area contributed by atoms with E-state index < -0.39 is 0 Å². The van der Waals surface area contributed by atoms with Crippen molar-refractivity contribution in [2.75, 3.05) is 20.6 Å². The van der Waals surface area contributed by atoms with Crippen LogP contribution in [-0.4, -0.2) is 36.1 Å². The van der Waals surface area contributed by atoms with Crippen molar-refractivity contribution in [3.63, 3.8) is 0 Å². The van der Waals surface area contributed by atoms with Crippen molar-refractivity contribution < 1.29 is 0 Å². The molecule has 1 unspecified atom stereocenters. The summed E-state index contributed by atoms with van der Waals surface area (Å²) in [5.41, 5.74) is 2.61. The van der Waals surface area contributed by atoms with Gasteiger partial charge in [0.25, 0.3) is 0 Å². The van der Waals surface area contributed by atoms with Gasteiger partial charge in [-0.3, -0.25) is 4.98 Å². The first-order chi connectivity index (χ1) is 10.0. The fraction of sp³-hybridized carbons (Fsp3) is 0.389. The lowest BCUT2D eigenvalue weighted by Gasteiger charge is -2.34. The van der Waals surface area contributed by atoms with Crippen LogP contribution in [0.5, 0.6) is 0 Å². The van der Waals surface area contributed by atoms with Crippen LogP contribution in [0.1, 0.15) is 31.0 Å². The summed E-state index contributed by atoms with van der Waals surface area (Å²) < 4.78 is 0. The number of nitrogens with one attached hydrogen (secondary N) is 1. The Labute approximate surface area is 128 Å². The maximum absolute atomic E-state index is 4.12. The summed E-state index contributed by atoms with van der Waals surface area (Å²) in [5.74, 6) is 0. The number of rotatable bonds is 6. The Bertz CT molecular complexity index is 495. The fourth-order valence-corrected chi connectivity index (χ4v) is 2.14. The Morgan fingerprint density at radius 2 is 1.57 bits per heavy atom. The zero-order chi connectivity index (χ0) is 15.3. The molecule has 1 aromatic heterocycles. The molecule has 2 aromatic rings. The Balaban J connectivity index is 2.22. The summed E-state index contributed by atoms with van der Waals surface area (Å²) in [6.45, 7) is 5.39. The summed E-state index contributed by atoms with van der Waals surface area (Å²) in [7, 11) is 4.23. The van der Waals surface area contributed by atoms with E-state index in [1.54, 1.807) is 0 Å². The predicted octanol–water partition coefficient (Wildman–Crippen LogP) is 3.10. The van der Waals surface area contributed by atoms with E-state index in [0.29, 0.717) is 0 Å². The molecule has 0 saturated heterocycles. The second kappa shape index (κ2) is 6.83. The largest absolute Gasteiger partial charge is 0.304 e. The van der Waals surface area contributed by atoms with Crippen molar-refractivity contribution in [3.05, 3.63) is 66.0 Å². The van der Waals surface area contributed by atoms with Crippen molar-refractivity contribution >= 4 is 0 Å². The van der Waals surface area contributed by atoms with E-state index in [9.17, 15) is 0 Å². The maximum atomic E-state index is 4.12. The zero-order valence-electron chi connectivity index (χ0n) is 13.4. The lowest BCUT2D eigenvalue weighted by Crippen LogP contribution is -2.47. The third-order valence-corrected chi connectivity index (χ3v) is 4.12. The summed E-state index contributed by atoms with van der Waals surface area (Å²) in [6.07, 6.45) is 3.70. The quantitative estimate of drug-likeness (QED) is 0.883. The Kier molecular flexibility index (Phi) is 5.10. The van der Waals surface area contributed by atoms with Crippen LogP contribution in [-0.2, 0) is 0 Å². The first-order valence-electron chi connectivity index (χ1n) is 7.36. The van der Waals surface area contributed by atoms with Crippen molar-refractivity contribution in [1.29, 1.82) is 0 Å². The number of aromatic nitrogens is 1. The molecule has 0 fully saturated rings. The second-order valence-corrected chi connectivity index (χ2v) is 6.21. The molecular formula is C18H25N3. The molecule has 0 saturated carbocycles. The van der Waals surface area contributed by atoms with E-state index in [-0.39, 0.29) is 11.6 Å². The molecule has 0 aliphatic rings. The fourth-order valence-electron chi connectivity index (χ4n) is 2.14. The van der Waals surface area contributed by atoms with Crippen LogP contribution in [0, 0.1) is 0 Å². The van der Waals surface area contributed by atoms with Gasteiger partial charge in [0.1, 0.15) is 0 Å². The lowest BCUT2D eigenvalue weighted by molar-refractivity contribution is 0.187. The third-order valence-electron chi connectivity index (χ3n) is 4.12. The maximum Gasteiger partial charge on any atom is 0.0578 e. The number of hydrogen-bond donors (Lipinski definition) is 1. The molecule has 112 valence electrons. The molecule has 1 aromatic carbocycles. The van der Waals surface area contributed by atoms with Gasteiger partial charge in [0.05, 0.1) is 6.04 Å². The molecule has 0 aliphatic carbocycles. The first kappa shape index (κ1) is 15.7. The molecule has 0 bridgehead atoms. The Morgan fingerprint density at radius 3 is 2.14 bits per heavy atom. The van der Waals surface area contributed by atoms with E-state index in [4.69, 9.17) is 0 Å². The minimum atomic E-state index is 0.0973. The van der Waals surface area contributed by atoms with Crippen LogP contribution >= 0.6 is 0 Å². The highest BCUT2D eigenvalue weighted by Gasteiger charge is 2.23. The normalized spacial score (nSPS) is 13.4. The summed E-state index contributed by atoms with van der Waals surface area (Å²) in [5, 5.41) is 3.70. The summed E-state index contributed by atoms with van der Waals surface area (Å²) >= 11 is 0. The van der Waals surface area contributed by atoms with Crippen LogP contribution in [0.25, 0.3) is 0 Å². The molecular weight excluding hydrogens is 258 g/mol. The number of nitrogens with zero attached hydrogens (tertiary/aromatic N) is 2. The van der Waals surface area contributed by atoms with Gasteiger partial charge in [-0.15, -0.1) is 0 Å². The molecule has 0 spiro atoms. The summed E-state index contributed by atoms with van der Waals surface area (Å²) in [6, 6.07) is 14.9. The molecule has 1 atom stereocenters. The van der Waals surface area contributed by atoms with Gasteiger partial charge in [0.2, 0.25) is 0 Å². The van der Waals surface area contributed by atoms with Gasteiger partial charge in [-0.2, -0.15) is 0 Å². The van der Waals surface area contributed by atoms with Crippen LogP contribution in [0.3, 0.4) is 0 Å². The summed E-state index contributed by atoms with van der Waals surface area (Å²) in [4.78, 5) is 6.37. The van der Waals surface area contributed by atoms with Gasteiger partial charge in [-0.05, 0) is 51.2 Å². The molecule has 3 nitrogen and oxygen atoms in total. The first-order valence-corrected chi connectivity index (χ1v) is 7.36. The Morgan fingerprint density at radius 1 is 1.00 bits per heavy atom. The average molecular weight is 283 g/mol.